The Hall–Kier alpha value is -0.960. The molecule has 0 aromatic heterocycles. The Balaban J connectivity index is 4.20. The molecule has 1 unspecified atom stereocenters. The van der Waals surface area contributed by atoms with Crippen molar-refractivity contribution in [1.82, 2.24) is 0 Å². The number of rotatable bonds is 4. The van der Waals surface area contributed by atoms with Crippen LogP contribution in [0.5, 0.6) is 0 Å². The Bertz CT molecular complexity index is 216. The second-order valence-corrected chi connectivity index (χ2v) is 2.27. The molecule has 0 bridgehead atoms. The maximum Gasteiger partial charge on any atom is 0.482 e. The van der Waals surface area contributed by atoms with Crippen LogP contribution in [0, 0.1) is 0 Å². The SMILES string of the molecule is NC(COC(F)(F)C(F)(F)F)C(=O)O. The van der Waals surface area contributed by atoms with Gasteiger partial charge in [-0.1, -0.05) is 0 Å². The Morgan fingerprint density at radius 1 is 1.36 bits per heavy atom. The molecule has 3 N–H and O–H groups in total. The summed E-state index contributed by atoms with van der Waals surface area (Å²) in [5.41, 5.74) is 4.64. The van der Waals surface area contributed by atoms with Crippen LogP contribution in [0.15, 0.2) is 0 Å². The van der Waals surface area contributed by atoms with Crippen molar-refractivity contribution in [2.75, 3.05) is 6.61 Å². The van der Waals surface area contributed by atoms with Crippen LogP contribution in [0.3, 0.4) is 0 Å². The van der Waals surface area contributed by atoms with E-state index in [9.17, 15) is 26.7 Å². The third-order valence-electron chi connectivity index (χ3n) is 1.09. The molecule has 0 aliphatic carbocycles. The summed E-state index contributed by atoms with van der Waals surface area (Å²) < 4.78 is 61.2. The predicted molar refractivity (Wildman–Crippen MR) is 32.6 cm³/mol. The van der Waals surface area contributed by atoms with E-state index in [0.29, 0.717) is 0 Å². The lowest BCUT2D eigenvalue weighted by Gasteiger charge is -2.20. The molecule has 14 heavy (non-hydrogen) atoms. The quantitative estimate of drug-likeness (QED) is 0.683. The van der Waals surface area contributed by atoms with Gasteiger partial charge in [0.2, 0.25) is 0 Å². The van der Waals surface area contributed by atoms with Crippen molar-refractivity contribution in [2.45, 2.75) is 18.3 Å². The van der Waals surface area contributed by atoms with Gasteiger partial charge < -0.3 is 15.6 Å². The van der Waals surface area contributed by atoms with Crippen LogP contribution in [0.1, 0.15) is 0 Å². The van der Waals surface area contributed by atoms with Crippen molar-refractivity contribution < 1.29 is 36.6 Å². The molecule has 0 rings (SSSR count). The highest BCUT2D eigenvalue weighted by Crippen LogP contribution is 2.36. The summed E-state index contributed by atoms with van der Waals surface area (Å²) in [7, 11) is 0. The lowest BCUT2D eigenvalue weighted by molar-refractivity contribution is -0.391. The van der Waals surface area contributed by atoms with Crippen LogP contribution < -0.4 is 5.73 Å². The van der Waals surface area contributed by atoms with Crippen molar-refractivity contribution in [2.24, 2.45) is 5.73 Å². The summed E-state index contributed by atoms with van der Waals surface area (Å²) >= 11 is 0. The third-order valence-corrected chi connectivity index (χ3v) is 1.09. The van der Waals surface area contributed by atoms with Gasteiger partial charge in [-0.25, -0.2) is 0 Å². The number of ether oxygens (including phenoxy) is 1. The molecule has 9 heteroatoms. The van der Waals surface area contributed by atoms with Gasteiger partial charge >= 0.3 is 18.3 Å². The molecule has 0 saturated heterocycles. The fraction of sp³-hybridized carbons (Fsp3) is 0.800. The minimum atomic E-state index is -5.88. The van der Waals surface area contributed by atoms with Crippen LogP contribution in [-0.2, 0) is 9.53 Å². The average molecular weight is 223 g/mol. The lowest BCUT2D eigenvalue weighted by atomic mass is 10.3. The van der Waals surface area contributed by atoms with Crippen LogP contribution in [0.25, 0.3) is 0 Å². The van der Waals surface area contributed by atoms with E-state index < -0.39 is 30.9 Å². The van der Waals surface area contributed by atoms with Crippen molar-refractivity contribution in [3.63, 3.8) is 0 Å². The Morgan fingerprint density at radius 3 is 2.07 bits per heavy atom. The molecule has 4 nitrogen and oxygen atoms in total. The third kappa shape index (κ3) is 3.42. The zero-order chi connectivity index (χ0) is 11.6. The first-order valence-corrected chi connectivity index (χ1v) is 3.15. The molecule has 0 aromatic rings. The van der Waals surface area contributed by atoms with Gasteiger partial charge in [-0.3, -0.25) is 4.79 Å². The van der Waals surface area contributed by atoms with Gasteiger partial charge in [0.05, 0.1) is 6.61 Å². The minimum Gasteiger partial charge on any atom is -0.480 e. The molecule has 0 fully saturated rings. The van der Waals surface area contributed by atoms with Crippen LogP contribution in [0.2, 0.25) is 0 Å². The summed E-state index contributed by atoms with van der Waals surface area (Å²) in [6, 6.07) is -1.93. The van der Waals surface area contributed by atoms with Gasteiger partial charge in [-0.15, -0.1) is 0 Å². The number of aliphatic carboxylic acids is 1. The maximum atomic E-state index is 12.0. The topological polar surface area (TPSA) is 72.5 Å². The first-order chi connectivity index (χ1) is 6.08. The molecule has 1 atom stereocenters. The van der Waals surface area contributed by atoms with Gasteiger partial charge in [0.1, 0.15) is 6.04 Å². The van der Waals surface area contributed by atoms with Crippen LogP contribution in [0.4, 0.5) is 22.0 Å². The van der Waals surface area contributed by atoms with Crippen molar-refractivity contribution in [3.05, 3.63) is 0 Å². The number of nitrogens with two attached hydrogens (primary N) is 1. The number of hydrogen-bond donors (Lipinski definition) is 2. The van der Waals surface area contributed by atoms with E-state index in [1.807, 2.05) is 0 Å². The summed E-state index contributed by atoms with van der Waals surface area (Å²) in [5, 5.41) is 8.05. The summed E-state index contributed by atoms with van der Waals surface area (Å²) in [4.78, 5) is 9.93. The highest BCUT2D eigenvalue weighted by molar-refractivity contribution is 5.73. The molecular weight excluding hydrogens is 217 g/mol. The largest absolute Gasteiger partial charge is 0.482 e. The Morgan fingerprint density at radius 2 is 1.79 bits per heavy atom. The number of carboxylic acids is 1. The van der Waals surface area contributed by atoms with Crippen molar-refractivity contribution in [1.29, 1.82) is 0 Å². The molecule has 0 amide bonds. The van der Waals surface area contributed by atoms with Gasteiger partial charge in [0, 0.05) is 0 Å². The molecule has 84 valence electrons. The lowest BCUT2D eigenvalue weighted by Crippen LogP contribution is -2.44. The summed E-state index contributed by atoms with van der Waals surface area (Å²) in [5.74, 6) is -1.73. The van der Waals surface area contributed by atoms with Gasteiger partial charge in [0.25, 0.3) is 0 Å². The number of carboxylic acid groups (broad SMARTS) is 1. The molecule has 0 radical (unpaired) electrons. The van der Waals surface area contributed by atoms with Crippen molar-refractivity contribution >= 4 is 5.97 Å². The maximum absolute atomic E-state index is 12.0. The zero-order valence-corrected chi connectivity index (χ0v) is 6.52. The van der Waals surface area contributed by atoms with Gasteiger partial charge in [-0.05, 0) is 0 Å². The molecule has 0 heterocycles. The zero-order valence-electron chi connectivity index (χ0n) is 6.52. The summed E-state index contributed by atoms with van der Waals surface area (Å²) in [6.07, 6.45) is -11.3. The Labute approximate surface area is 74.4 Å². The average Bonchev–Trinajstić information content (AvgIpc) is 1.97. The first-order valence-electron chi connectivity index (χ1n) is 3.15. The smallest absolute Gasteiger partial charge is 0.480 e. The number of alkyl halides is 5. The summed E-state index contributed by atoms with van der Waals surface area (Å²) in [6.45, 7) is -1.43. The highest BCUT2D eigenvalue weighted by atomic mass is 19.4. The normalized spacial score (nSPS) is 15.3. The molecule has 0 aliphatic heterocycles. The highest BCUT2D eigenvalue weighted by Gasteiger charge is 2.59. The van der Waals surface area contributed by atoms with E-state index in [4.69, 9.17) is 5.11 Å². The number of halogens is 5. The van der Waals surface area contributed by atoms with E-state index >= 15 is 0 Å². The minimum absolute atomic E-state index is 1.43. The number of hydrogen-bond acceptors (Lipinski definition) is 3. The molecule has 0 aliphatic rings. The van der Waals surface area contributed by atoms with Crippen LogP contribution in [-0.4, -0.2) is 36.0 Å². The predicted octanol–water partition coefficient (Wildman–Crippen LogP) is 0.570. The standard InChI is InChI=1S/C5H6F5NO3/c6-4(7,8)5(9,10)14-1-2(11)3(12)13/h2H,1,11H2,(H,12,13). The Kier molecular flexibility index (Phi) is 3.77. The number of carbonyl (C=O) groups is 1. The van der Waals surface area contributed by atoms with E-state index in [-0.39, 0.29) is 0 Å². The fourth-order valence-corrected chi connectivity index (χ4v) is 0.348. The molecular formula is C5H6F5NO3. The van der Waals surface area contributed by atoms with E-state index in [1.165, 1.54) is 0 Å². The second-order valence-electron chi connectivity index (χ2n) is 2.27. The monoisotopic (exact) mass is 223 g/mol. The second kappa shape index (κ2) is 4.05. The fourth-order valence-electron chi connectivity index (χ4n) is 0.348. The van der Waals surface area contributed by atoms with E-state index in [2.05, 4.69) is 10.5 Å². The van der Waals surface area contributed by atoms with Crippen molar-refractivity contribution in [3.8, 4) is 0 Å². The molecule has 0 aromatic carbocycles. The van der Waals surface area contributed by atoms with Gasteiger partial charge in [-0.2, -0.15) is 22.0 Å². The first kappa shape index (κ1) is 13.0. The van der Waals surface area contributed by atoms with E-state index in [0.717, 1.165) is 0 Å². The van der Waals surface area contributed by atoms with Crippen LogP contribution >= 0.6 is 0 Å². The molecule has 0 saturated carbocycles. The van der Waals surface area contributed by atoms with E-state index in [1.54, 1.807) is 0 Å². The molecule has 0 spiro atoms. The van der Waals surface area contributed by atoms with Gasteiger partial charge in [0.15, 0.2) is 0 Å².